The molecule has 1 aromatic heterocycles. The molecule has 1 aromatic carbocycles. The first kappa shape index (κ1) is 12.4. The Hall–Kier alpha value is -1.61. The molecule has 0 bridgehead atoms. The third kappa shape index (κ3) is 1.72. The van der Waals surface area contributed by atoms with Gasteiger partial charge in [0.05, 0.1) is 10.6 Å². The Kier molecular flexibility index (Phi) is 2.58. The fraction of sp³-hybridized carbons (Fsp3) is 0.312. The maximum Gasteiger partial charge on any atom is 0.163 e. The van der Waals surface area contributed by atoms with E-state index in [1.54, 1.807) is 18.3 Å². The fourth-order valence-electron chi connectivity index (χ4n) is 3.04. The van der Waals surface area contributed by atoms with Gasteiger partial charge in [-0.25, -0.2) is 0 Å². The van der Waals surface area contributed by atoms with E-state index < -0.39 is 0 Å². The van der Waals surface area contributed by atoms with Gasteiger partial charge in [-0.1, -0.05) is 38.1 Å². The average Bonchev–Trinajstić information content (AvgIpc) is 2.64. The monoisotopic (exact) mass is 271 g/mol. The number of carbonyl (C=O) groups excluding carboxylic acids is 1. The second-order valence-electron chi connectivity index (χ2n) is 5.80. The van der Waals surface area contributed by atoms with Gasteiger partial charge in [0.25, 0.3) is 0 Å². The number of carbonyl (C=O) groups is 1. The van der Waals surface area contributed by atoms with Gasteiger partial charge in [-0.15, -0.1) is 11.3 Å². The largest absolute Gasteiger partial charge is 0.390 e. The van der Waals surface area contributed by atoms with Crippen LogP contribution in [-0.2, 0) is 11.8 Å². The predicted molar refractivity (Wildman–Crippen MR) is 80.9 cm³/mol. The van der Waals surface area contributed by atoms with Crippen molar-refractivity contribution >= 4 is 22.1 Å². The molecule has 1 aliphatic rings. The van der Waals surface area contributed by atoms with Crippen molar-refractivity contribution in [1.29, 1.82) is 0 Å². The SMILES string of the molecule is CC(=O)c1c(N)sc2c1-c1ccccc1C(C)(C)C2. The maximum absolute atomic E-state index is 11.9. The molecule has 0 atom stereocenters. The Labute approximate surface area is 117 Å². The summed E-state index contributed by atoms with van der Waals surface area (Å²) in [5, 5.41) is 0.657. The van der Waals surface area contributed by atoms with E-state index in [9.17, 15) is 4.79 Å². The summed E-state index contributed by atoms with van der Waals surface area (Å²) < 4.78 is 0. The molecule has 98 valence electrons. The summed E-state index contributed by atoms with van der Waals surface area (Å²) in [6, 6.07) is 8.36. The van der Waals surface area contributed by atoms with Gasteiger partial charge in [-0.3, -0.25) is 4.79 Å². The summed E-state index contributed by atoms with van der Waals surface area (Å²) in [5.74, 6) is 0.0597. The molecule has 19 heavy (non-hydrogen) atoms. The van der Waals surface area contributed by atoms with E-state index in [4.69, 9.17) is 5.73 Å². The first-order valence-corrected chi connectivity index (χ1v) is 7.25. The number of anilines is 1. The molecule has 0 saturated heterocycles. The normalized spacial score (nSPS) is 15.7. The number of hydrogen-bond donors (Lipinski definition) is 1. The van der Waals surface area contributed by atoms with Crippen LogP contribution in [0.3, 0.4) is 0 Å². The summed E-state index contributed by atoms with van der Waals surface area (Å²) in [7, 11) is 0. The number of nitrogen functional groups attached to an aromatic ring is 1. The van der Waals surface area contributed by atoms with Crippen molar-refractivity contribution in [3.05, 3.63) is 40.3 Å². The van der Waals surface area contributed by atoms with E-state index >= 15 is 0 Å². The van der Waals surface area contributed by atoms with Crippen molar-refractivity contribution in [2.45, 2.75) is 32.6 Å². The van der Waals surface area contributed by atoms with Crippen LogP contribution < -0.4 is 5.73 Å². The van der Waals surface area contributed by atoms with Crippen molar-refractivity contribution in [3.63, 3.8) is 0 Å². The zero-order valence-corrected chi connectivity index (χ0v) is 12.2. The lowest BCUT2D eigenvalue weighted by Crippen LogP contribution is -2.25. The Balaban J connectivity index is 2.37. The van der Waals surface area contributed by atoms with Gasteiger partial charge < -0.3 is 5.73 Å². The molecule has 0 fully saturated rings. The highest BCUT2D eigenvalue weighted by Gasteiger charge is 2.34. The zero-order valence-electron chi connectivity index (χ0n) is 11.4. The van der Waals surface area contributed by atoms with E-state index in [2.05, 4.69) is 32.0 Å². The quantitative estimate of drug-likeness (QED) is 0.796. The Morgan fingerprint density at radius 2 is 2.00 bits per heavy atom. The van der Waals surface area contributed by atoms with Crippen LogP contribution in [0.4, 0.5) is 5.00 Å². The third-order valence-corrected chi connectivity index (χ3v) is 4.91. The van der Waals surface area contributed by atoms with Crippen LogP contribution in [0.25, 0.3) is 11.1 Å². The van der Waals surface area contributed by atoms with Gasteiger partial charge in [-0.05, 0) is 29.9 Å². The van der Waals surface area contributed by atoms with E-state index in [0.717, 1.165) is 12.0 Å². The van der Waals surface area contributed by atoms with E-state index in [1.807, 2.05) is 6.07 Å². The lowest BCUT2D eigenvalue weighted by molar-refractivity contribution is 0.101. The van der Waals surface area contributed by atoms with E-state index in [0.29, 0.717) is 10.6 Å². The van der Waals surface area contributed by atoms with Crippen LogP contribution in [0.5, 0.6) is 0 Å². The first-order chi connectivity index (χ1) is 8.92. The molecule has 0 radical (unpaired) electrons. The average molecular weight is 271 g/mol. The number of benzene rings is 1. The van der Waals surface area contributed by atoms with Crippen LogP contribution in [-0.4, -0.2) is 5.78 Å². The zero-order chi connectivity index (χ0) is 13.8. The molecular weight excluding hydrogens is 254 g/mol. The first-order valence-electron chi connectivity index (χ1n) is 6.44. The van der Waals surface area contributed by atoms with Gasteiger partial charge in [-0.2, -0.15) is 0 Å². The Bertz CT molecular complexity index is 682. The standard InChI is InChI=1S/C16H17NOS/c1-9(18)13-14-10-6-4-5-7-11(10)16(2,3)8-12(14)19-15(13)17/h4-7H,8,17H2,1-3H3. The maximum atomic E-state index is 11.9. The summed E-state index contributed by atoms with van der Waals surface area (Å²) in [5.41, 5.74) is 10.4. The number of nitrogens with two attached hydrogens (primary N) is 1. The lowest BCUT2D eigenvalue weighted by Gasteiger charge is -2.32. The minimum Gasteiger partial charge on any atom is -0.390 e. The van der Waals surface area contributed by atoms with Crippen molar-refractivity contribution in [2.75, 3.05) is 5.73 Å². The molecule has 0 aliphatic heterocycles. The summed E-state index contributed by atoms with van der Waals surface area (Å²) >= 11 is 1.57. The van der Waals surface area contributed by atoms with Crippen LogP contribution >= 0.6 is 11.3 Å². The molecule has 2 aromatic rings. The van der Waals surface area contributed by atoms with Crippen LogP contribution in [0.15, 0.2) is 24.3 Å². The van der Waals surface area contributed by atoms with Gasteiger partial charge in [0.1, 0.15) is 0 Å². The predicted octanol–water partition coefficient (Wildman–Crippen LogP) is 4.03. The highest BCUT2D eigenvalue weighted by atomic mass is 32.1. The number of thiophene rings is 1. The molecule has 0 saturated carbocycles. The number of ketones is 1. The van der Waals surface area contributed by atoms with E-state index in [-0.39, 0.29) is 11.2 Å². The topological polar surface area (TPSA) is 43.1 Å². The molecule has 1 heterocycles. The second kappa shape index (κ2) is 3.94. The van der Waals surface area contributed by atoms with Gasteiger partial charge in [0, 0.05) is 10.4 Å². The summed E-state index contributed by atoms with van der Waals surface area (Å²) in [6.07, 6.45) is 0.946. The molecule has 2 N–H and O–H groups in total. The number of fused-ring (bicyclic) bond motifs is 3. The highest BCUT2D eigenvalue weighted by molar-refractivity contribution is 7.17. The molecule has 2 nitrogen and oxygen atoms in total. The number of Topliss-reactive ketones (excluding diaryl/α,β-unsaturated/α-hetero) is 1. The van der Waals surface area contributed by atoms with Gasteiger partial charge >= 0.3 is 0 Å². The summed E-state index contributed by atoms with van der Waals surface area (Å²) in [4.78, 5) is 13.1. The molecule has 3 rings (SSSR count). The molecular formula is C16H17NOS. The number of rotatable bonds is 1. The van der Waals surface area contributed by atoms with Crippen molar-refractivity contribution in [3.8, 4) is 11.1 Å². The van der Waals surface area contributed by atoms with E-state index in [1.165, 1.54) is 16.0 Å². The van der Waals surface area contributed by atoms with Crippen LogP contribution in [0.2, 0.25) is 0 Å². The molecule has 3 heteroatoms. The molecule has 1 aliphatic carbocycles. The van der Waals surface area contributed by atoms with Crippen LogP contribution in [0, 0.1) is 0 Å². The summed E-state index contributed by atoms with van der Waals surface area (Å²) in [6.45, 7) is 6.09. The molecule has 0 unspecified atom stereocenters. The van der Waals surface area contributed by atoms with Gasteiger partial charge in [0.15, 0.2) is 5.78 Å². The molecule has 0 amide bonds. The number of hydrogen-bond acceptors (Lipinski definition) is 3. The third-order valence-electron chi connectivity index (χ3n) is 3.89. The highest BCUT2D eigenvalue weighted by Crippen LogP contribution is 2.49. The van der Waals surface area contributed by atoms with Gasteiger partial charge in [0.2, 0.25) is 0 Å². The molecule has 0 spiro atoms. The Morgan fingerprint density at radius 1 is 1.32 bits per heavy atom. The van der Waals surface area contributed by atoms with Crippen LogP contribution in [0.1, 0.15) is 41.6 Å². The minimum atomic E-state index is 0.0597. The smallest absolute Gasteiger partial charge is 0.163 e. The Morgan fingerprint density at radius 3 is 2.68 bits per heavy atom. The van der Waals surface area contributed by atoms with Crippen molar-refractivity contribution in [1.82, 2.24) is 0 Å². The fourth-order valence-corrected chi connectivity index (χ4v) is 4.40. The minimum absolute atomic E-state index is 0.0597. The van der Waals surface area contributed by atoms with Crippen molar-refractivity contribution in [2.24, 2.45) is 0 Å². The van der Waals surface area contributed by atoms with Crippen molar-refractivity contribution < 1.29 is 4.79 Å². The second-order valence-corrected chi connectivity index (χ2v) is 6.94. The lowest BCUT2D eigenvalue weighted by atomic mass is 9.72.